The molecule has 0 saturated carbocycles. The number of thiazole rings is 1. The number of halogens is 1. The second-order valence-corrected chi connectivity index (χ2v) is 5.20. The lowest BCUT2D eigenvalue weighted by Gasteiger charge is -2.15. The minimum atomic E-state index is 0.481. The summed E-state index contributed by atoms with van der Waals surface area (Å²) < 4.78 is 0. The maximum Gasteiger partial charge on any atom is 0.185 e. The highest BCUT2D eigenvalue weighted by molar-refractivity contribution is 7.13. The number of alkyl halides is 1. The van der Waals surface area contributed by atoms with Gasteiger partial charge in [-0.2, -0.15) is 0 Å². The van der Waals surface area contributed by atoms with E-state index in [1.807, 2.05) is 5.38 Å². The number of aryl methyl sites for hydroxylation is 1. The second-order valence-electron chi connectivity index (χ2n) is 4.10. The summed E-state index contributed by atoms with van der Waals surface area (Å²) in [6.07, 6.45) is 0. The van der Waals surface area contributed by atoms with E-state index in [0.717, 1.165) is 17.4 Å². The highest BCUT2D eigenvalue weighted by Crippen LogP contribution is 2.21. The van der Waals surface area contributed by atoms with Gasteiger partial charge in [0.25, 0.3) is 0 Å². The van der Waals surface area contributed by atoms with Crippen LogP contribution < -0.4 is 4.90 Å². The Labute approximate surface area is 111 Å². The first-order valence-corrected chi connectivity index (χ1v) is 6.87. The van der Waals surface area contributed by atoms with Crippen LogP contribution in [-0.4, -0.2) is 12.0 Å². The van der Waals surface area contributed by atoms with E-state index in [1.165, 1.54) is 11.1 Å². The highest BCUT2D eigenvalue weighted by atomic mass is 35.5. The average Bonchev–Trinajstić information content (AvgIpc) is 2.81. The van der Waals surface area contributed by atoms with Crippen LogP contribution in [0.25, 0.3) is 0 Å². The first kappa shape index (κ1) is 12.4. The Morgan fingerprint density at radius 1 is 1.29 bits per heavy atom. The standard InChI is InChI=1S/C13H15ClN2S/c1-10-3-5-11(6-4-10)8-16(2)13-15-12(7-14)9-17-13/h3-6,9H,7-8H2,1-2H3. The lowest BCUT2D eigenvalue weighted by atomic mass is 10.1. The minimum absolute atomic E-state index is 0.481. The van der Waals surface area contributed by atoms with Gasteiger partial charge in [0.2, 0.25) is 0 Å². The first-order chi connectivity index (χ1) is 8.19. The molecule has 0 atom stereocenters. The van der Waals surface area contributed by atoms with E-state index in [4.69, 9.17) is 11.6 Å². The summed E-state index contributed by atoms with van der Waals surface area (Å²) in [6, 6.07) is 8.58. The van der Waals surface area contributed by atoms with E-state index in [-0.39, 0.29) is 0 Å². The summed E-state index contributed by atoms with van der Waals surface area (Å²) in [5.74, 6) is 0.481. The zero-order valence-corrected chi connectivity index (χ0v) is 11.6. The number of hydrogen-bond donors (Lipinski definition) is 0. The monoisotopic (exact) mass is 266 g/mol. The Morgan fingerprint density at radius 2 is 2.00 bits per heavy atom. The zero-order valence-electron chi connectivity index (χ0n) is 9.98. The van der Waals surface area contributed by atoms with Gasteiger partial charge in [0.1, 0.15) is 0 Å². The first-order valence-electron chi connectivity index (χ1n) is 5.46. The molecule has 0 bridgehead atoms. The van der Waals surface area contributed by atoms with E-state index in [2.05, 4.69) is 48.1 Å². The molecule has 1 heterocycles. The van der Waals surface area contributed by atoms with Gasteiger partial charge in [-0.05, 0) is 12.5 Å². The van der Waals surface area contributed by atoms with Crippen molar-refractivity contribution in [1.29, 1.82) is 0 Å². The molecule has 1 aromatic carbocycles. The van der Waals surface area contributed by atoms with Crippen molar-refractivity contribution < 1.29 is 0 Å². The lowest BCUT2D eigenvalue weighted by Crippen LogP contribution is -2.16. The molecule has 4 heteroatoms. The van der Waals surface area contributed by atoms with Crippen molar-refractivity contribution in [2.75, 3.05) is 11.9 Å². The molecular formula is C13H15ClN2S. The molecule has 1 aromatic heterocycles. The molecule has 2 nitrogen and oxygen atoms in total. The predicted octanol–water partition coefficient (Wildman–Crippen LogP) is 3.83. The summed E-state index contributed by atoms with van der Waals surface area (Å²) in [5.41, 5.74) is 3.53. The minimum Gasteiger partial charge on any atom is -0.347 e. The summed E-state index contributed by atoms with van der Waals surface area (Å²) >= 11 is 7.38. The summed E-state index contributed by atoms with van der Waals surface area (Å²) in [5, 5.41) is 3.02. The number of nitrogens with zero attached hydrogens (tertiary/aromatic N) is 2. The van der Waals surface area contributed by atoms with Crippen molar-refractivity contribution in [3.63, 3.8) is 0 Å². The summed E-state index contributed by atoms with van der Waals surface area (Å²) in [6.45, 7) is 2.97. The molecule has 90 valence electrons. The molecule has 0 unspecified atom stereocenters. The fourth-order valence-electron chi connectivity index (χ4n) is 1.57. The molecule has 17 heavy (non-hydrogen) atoms. The Kier molecular flexibility index (Phi) is 4.02. The zero-order chi connectivity index (χ0) is 12.3. The van der Waals surface area contributed by atoms with Crippen LogP contribution in [-0.2, 0) is 12.4 Å². The molecule has 0 N–H and O–H groups in total. The highest BCUT2D eigenvalue weighted by Gasteiger charge is 2.06. The Bertz CT molecular complexity index is 478. The summed E-state index contributed by atoms with van der Waals surface area (Å²) in [7, 11) is 2.05. The van der Waals surface area contributed by atoms with Gasteiger partial charge in [0.05, 0.1) is 11.6 Å². The third-order valence-electron chi connectivity index (χ3n) is 2.54. The number of anilines is 1. The van der Waals surface area contributed by atoms with Crippen LogP contribution in [0.3, 0.4) is 0 Å². The largest absolute Gasteiger partial charge is 0.347 e. The molecule has 0 aliphatic rings. The number of benzene rings is 1. The van der Waals surface area contributed by atoms with Crippen molar-refractivity contribution in [3.05, 3.63) is 46.5 Å². The Balaban J connectivity index is 2.05. The van der Waals surface area contributed by atoms with Crippen LogP contribution in [0.5, 0.6) is 0 Å². The van der Waals surface area contributed by atoms with Crippen LogP contribution in [0.4, 0.5) is 5.13 Å². The van der Waals surface area contributed by atoms with Gasteiger partial charge >= 0.3 is 0 Å². The van der Waals surface area contributed by atoms with Crippen molar-refractivity contribution in [1.82, 2.24) is 4.98 Å². The van der Waals surface area contributed by atoms with E-state index in [1.54, 1.807) is 11.3 Å². The van der Waals surface area contributed by atoms with Crippen LogP contribution >= 0.6 is 22.9 Å². The van der Waals surface area contributed by atoms with Gasteiger partial charge in [-0.3, -0.25) is 0 Å². The normalized spacial score (nSPS) is 10.5. The van der Waals surface area contributed by atoms with E-state index >= 15 is 0 Å². The molecule has 0 radical (unpaired) electrons. The molecule has 0 spiro atoms. The van der Waals surface area contributed by atoms with Crippen molar-refractivity contribution in [2.45, 2.75) is 19.3 Å². The average molecular weight is 267 g/mol. The molecule has 0 aliphatic carbocycles. The van der Waals surface area contributed by atoms with Crippen molar-refractivity contribution in [3.8, 4) is 0 Å². The molecule has 0 aliphatic heterocycles. The third-order valence-corrected chi connectivity index (χ3v) is 3.82. The molecule has 2 rings (SSSR count). The Morgan fingerprint density at radius 3 is 2.59 bits per heavy atom. The van der Waals surface area contributed by atoms with Crippen LogP contribution in [0.2, 0.25) is 0 Å². The van der Waals surface area contributed by atoms with Crippen LogP contribution in [0, 0.1) is 6.92 Å². The fourth-order valence-corrected chi connectivity index (χ4v) is 2.59. The van der Waals surface area contributed by atoms with E-state index in [9.17, 15) is 0 Å². The number of hydrogen-bond acceptors (Lipinski definition) is 3. The fraction of sp³-hybridized carbons (Fsp3) is 0.308. The maximum atomic E-state index is 5.75. The quantitative estimate of drug-likeness (QED) is 0.782. The van der Waals surface area contributed by atoms with Gasteiger partial charge < -0.3 is 4.90 Å². The molecule has 0 amide bonds. The number of aromatic nitrogens is 1. The van der Waals surface area contributed by atoms with Gasteiger partial charge in [0, 0.05) is 19.0 Å². The summed E-state index contributed by atoms with van der Waals surface area (Å²) in [4.78, 5) is 6.60. The van der Waals surface area contributed by atoms with Crippen molar-refractivity contribution in [2.24, 2.45) is 0 Å². The number of rotatable bonds is 4. The molecule has 2 aromatic rings. The van der Waals surface area contributed by atoms with Gasteiger partial charge in [0.15, 0.2) is 5.13 Å². The molecule has 0 fully saturated rings. The second kappa shape index (κ2) is 5.52. The molecule has 0 saturated heterocycles. The van der Waals surface area contributed by atoms with Gasteiger partial charge in [-0.25, -0.2) is 4.98 Å². The van der Waals surface area contributed by atoms with Gasteiger partial charge in [-0.15, -0.1) is 22.9 Å². The smallest absolute Gasteiger partial charge is 0.185 e. The third kappa shape index (κ3) is 3.20. The Hall–Kier alpha value is -1.06. The van der Waals surface area contributed by atoms with Gasteiger partial charge in [-0.1, -0.05) is 29.8 Å². The van der Waals surface area contributed by atoms with Crippen LogP contribution in [0.15, 0.2) is 29.6 Å². The lowest BCUT2D eigenvalue weighted by molar-refractivity contribution is 0.909. The van der Waals surface area contributed by atoms with Crippen molar-refractivity contribution >= 4 is 28.1 Å². The topological polar surface area (TPSA) is 16.1 Å². The van der Waals surface area contributed by atoms with E-state index < -0.39 is 0 Å². The predicted molar refractivity (Wildman–Crippen MR) is 75.0 cm³/mol. The van der Waals surface area contributed by atoms with Crippen LogP contribution in [0.1, 0.15) is 16.8 Å². The molecular weight excluding hydrogens is 252 g/mol. The SMILES string of the molecule is Cc1ccc(CN(C)c2nc(CCl)cs2)cc1. The van der Waals surface area contributed by atoms with E-state index in [0.29, 0.717) is 5.88 Å². The maximum absolute atomic E-state index is 5.75.